The van der Waals surface area contributed by atoms with Crippen LogP contribution in [0.3, 0.4) is 0 Å². The molecule has 0 aromatic heterocycles. The molecular formula is C16H20O4. The Hall–Kier alpha value is -1.84. The lowest BCUT2D eigenvalue weighted by atomic mass is 9.81. The zero-order valence-corrected chi connectivity index (χ0v) is 12.0. The van der Waals surface area contributed by atoms with E-state index in [9.17, 15) is 9.59 Å². The summed E-state index contributed by atoms with van der Waals surface area (Å²) in [5.41, 5.74) is 1.81. The summed E-state index contributed by atoms with van der Waals surface area (Å²) < 4.78 is 10.1. The molecule has 1 aromatic carbocycles. The summed E-state index contributed by atoms with van der Waals surface area (Å²) in [7, 11) is 1.59. The largest absolute Gasteiger partial charge is 0.497 e. The van der Waals surface area contributed by atoms with Crippen molar-refractivity contribution < 1.29 is 19.1 Å². The van der Waals surface area contributed by atoms with Crippen LogP contribution >= 0.6 is 0 Å². The van der Waals surface area contributed by atoms with Crippen molar-refractivity contribution in [2.75, 3.05) is 13.7 Å². The number of Topliss-reactive ketones (excluding diaryl/α,β-unsaturated/α-hetero) is 1. The number of fused-ring (bicyclic) bond motifs is 1. The van der Waals surface area contributed by atoms with E-state index in [0.717, 1.165) is 17.5 Å². The van der Waals surface area contributed by atoms with E-state index in [2.05, 4.69) is 0 Å². The molecule has 0 heterocycles. The minimum atomic E-state index is -0.180. The van der Waals surface area contributed by atoms with E-state index in [-0.39, 0.29) is 17.7 Å². The molecule has 20 heavy (non-hydrogen) atoms. The maximum absolute atomic E-state index is 12.2. The Morgan fingerprint density at radius 1 is 1.35 bits per heavy atom. The molecule has 0 spiro atoms. The third-order valence-corrected chi connectivity index (χ3v) is 3.66. The third kappa shape index (κ3) is 3.38. The van der Waals surface area contributed by atoms with Gasteiger partial charge in [-0.25, -0.2) is 0 Å². The quantitative estimate of drug-likeness (QED) is 0.776. The molecule has 108 valence electrons. The lowest BCUT2D eigenvalue weighted by molar-refractivity contribution is -0.143. The number of ether oxygens (including phenoxy) is 2. The maximum Gasteiger partial charge on any atom is 0.305 e. The van der Waals surface area contributed by atoms with Gasteiger partial charge in [0.2, 0.25) is 0 Å². The molecule has 0 amide bonds. The molecule has 0 saturated carbocycles. The Kier molecular flexibility index (Phi) is 4.77. The van der Waals surface area contributed by atoms with Crippen molar-refractivity contribution in [2.24, 2.45) is 5.92 Å². The number of esters is 1. The van der Waals surface area contributed by atoms with Gasteiger partial charge in [0.25, 0.3) is 0 Å². The van der Waals surface area contributed by atoms with E-state index in [1.54, 1.807) is 20.1 Å². The highest BCUT2D eigenvalue weighted by atomic mass is 16.5. The van der Waals surface area contributed by atoms with Gasteiger partial charge in [0, 0.05) is 18.4 Å². The second kappa shape index (κ2) is 6.55. The molecule has 0 bridgehead atoms. The first-order valence-electron chi connectivity index (χ1n) is 6.99. The monoisotopic (exact) mass is 276 g/mol. The summed E-state index contributed by atoms with van der Waals surface area (Å²) in [6, 6.07) is 5.63. The number of hydrogen-bond donors (Lipinski definition) is 0. The molecule has 0 fully saturated rings. The number of ketones is 1. The molecule has 4 nitrogen and oxygen atoms in total. The Bertz CT molecular complexity index is 507. The average Bonchev–Trinajstić information content (AvgIpc) is 2.45. The van der Waals surface area contributed by atoms with Crippen LogP contribution in [0.2, 0.25) is 0 Å². The minimum Gasteiger partial charge on any atom is -0.497 e. The molecule has 0 unspecified atom stereocenters. The highest BCUT2D eigenvalue weighted by molar-refractivity contribution is 5.99. The maximum atomic E-state index is 12.2. The molecule has 0 saturated heterocycles. The van der Waals surface area contributed by atoms with Gasteiger partial charge in [0.1, 0.15) is 5.75 Å². The van der Waals surface area contributed by atoms with Crippen molar-refractivity contribution in [1.82, 2.24) is 0 Å². The van der Waals surface area contributed by atoms with Gasteiger partial charge < -0.3 is 9.47 Å². The van der Waals surface area contributed by atoms with E-state index in [4.69, 9.17) is 9.47 Å². The average molecular weight is 276 g/mol. The summed E-state index contributed by atoms with van der Waals surface area (Å²) in [6.45, 7) is 2.21. The van der Waals surface area contributed by atoms with Crippen LogP contribution < -0.4 is 4.74 Å². The van der Waals surface area contributed by atoms with E-state index in [0.29, 0.717) is 31.6 Å². The van der Waals surface area contributed by atoms with Crippen LogP contribution in [0, 0.1) is 5.92 Å². The fraction of sp³-hybridized carbons (Fsp3) is 0.500. The Labute approximate surface area is 119 Å². The highest BCUT2D eigenvalue weighted by Gasteiger charge is 2.25. The second-order valence-corrected chi connectivity index (χ2v) is 5.06. The fourth-order valence-corrected chi connectivity index (χ4v) is 2.63. The van der Waals surface area contributed by atoms with Crippen LogP contribution in [0.15, 0.2) is 18.2 Å². The van der Waals surface area contributed by atoms with Gasteiger partial charge >= 0.3 is 5.97 Å². The smallest absolute Gasteiger partial charge is 0.305 e. The summed E-state index contributed by atoms with van der Waals surface area (Å²) in [5, 5.41) is 0. The molecule has 0 radical (unpaired) electrons. The number of rotatable bonds is 5. The normalized spacial score (nSPS) is 17.5. The van der Waals surface area contributed by atoms with E-state index in [1.165, 1.54) is 0 Å². The molecule has 2 rings (SSSR count). The summed E-state index contributed by atoms with van der Waals surface area (Å²) >= 11 is 0. The van der Waals surface area contributed by atoms with Crippen molar-refractivity contribution in [1.29, 1.82) is 0 Å². The van der Waals surface area contributed by atoms with Crippen molar-refractivity contribution in [3.63, 3.8) is 0 Å². The molecule has 0 aliphatic heterocycles. The van der Waals surface area contributed by atoms with E-state index < -0.39 is 0 Å². The van der Waals surface area contributed by atoms with Gasteiger partial charge in [-0.15, -0.1) is 0 Å². The summed E-state index contributed by atoms with van der Waals surface area (Å²) in [4.78, 5) is 23.5. The Morgan fingerprint density at radius 3 is 2.85 bits per heavy atom. The third-order valence-electron chi connectivity index (χ3n) is 3.66. The topological polar surface area (TPSA) is 52.6 Å². The molecular weight excluding hydrogens is 256 g/mol. The SMILES string of the molecule is CCOC(=O)CC[C@@H]1CC(=O)c2cc(OC)ccc2C1. The molecule has 4 heteroatoms. The van der Waals surface area contributed by atoms with Crippen LogP contribution in [0.25, 0.3) is 0 Å². The predicted octanol–water partition coefficient (Wildman–Crippen LogP) is 2.78. The molecule has 1 aliphatic rings. The summed E-state index contributed by atoms with van der Waals surface area (Å²) in [6.07, 6.45) is 2.43. The standard InChI is InChI=1S/C16H20O4/c1-3-20-16(18)7-4-11-8-12-5-6-13(19-2)10-14(12)15(17)9-11/h5-6,10-11H,3-4,7-9H2,1-2H3/t11-/m0/s1. The minimum absolute atomic E-state index is 0.138. The number of hydrogen-bond acceptors (Lipinski definition) is 4. The lowest BCUT2D eigenvalue weighted by Gasteiger charge is -2.23. The Balaban J connectivity index is 2.01. The predicted molar refractivity (Wildman–Crippen MR) is 75.0 cm³/mol. The summed E-state index contributed by atoms with van der Waals surface area (Å²) in [5.74, 6) is 0.898. The zero-order valence-electron chi connectivity index (χ0n) is 12.0. The van der Waals surface area contributed by atoms with E-state index >= 15 is 0 Å². The zero-order chi connectivity index (χ0) is 14.5. The van der Waals surface area contributed by atoms with Crippen LogP contribution in [0.1, 0.15) is 42.1 Å². The van der Waals surface area contributed by atoms with Gasteiger partial charge in [-0.2, -0.15) is 0 Å². The first-order valence-corrected chi connectivity index (χ1v) is 6.99. The first-order chi connectivity index (χ1) is 9.63. The van der Waals surface area contributed by atoms with Crippen molar-refractivity contribution in [2.45, 2.75) is 32.6 Å². The number of carbonyl (C=O) groups is 2. The van der Waals surface area contributed by atoms with Crippen molar-refractivity contribution in [3.8, 4) is 5.75 Å². The van der Waals surface area contributed by atoms with Gasteiger partial charge in [-0.3, -0.25) is 9.59 Å². The van der Waals surface area contributed by atoms with Gasteiger partial charge in [-0.1, -0.05) is 6.07 Å². The first kappa shape index (κ1) is 14.6. The number of carbonyl (C=O) groups excluding carboxylic acids is 2. The molecule has 1 atom stereocenters. The van der Waals surface area contributed by atoms with Crippen LogP contribution in [-0.2, 0) is 16.0 Å². The number of benzene rings is 1. The highest BCUT2D eigenvalue weighted by Crippen LogP contribution is 2.30. The van der Waals surface area contributed by atoms with Crippen LogP contribution in [0.4, 0.5) is 0 Å². The van der Waals surface area contributed by atoms with Crippen molar-refractivity contribution in [3.05, 3.63) is 29.3 Å². The van der Waals surface area contributed by atoms with E-state index in [1.807, 2.05) is 12.1 Å². The molecule has 0 N–H and O–H groups in total. The second-order valence-electron chi connectivity index (χ2n) is 5.06. The van der Waals surface area contributed by atoms with Gasteiger partial charge in [0.15, 0.2) is 5.78 Å². The van der Waals surface area contributed by atoms with Crippen LogP contribution in [0.5, 0.6) is 5.75 Å². The molecule has 1 aliphatic carbocycles. The van der Waals surface area contributed by atoms with Gasteiger partial charge in [-0.05, 0) is 43.4 Å². The lowest BCUT2D eigenvalue weighted by Crippen LogP contribution is -2.21. The Morgan fingerprint density at radius 2 is 2.15 bits per heavy atom. The van der Waals surface area contributed by atoms with Gasteiger partial charge in [0.05, 0.1) is 13.7 Å². The van der Waals surface area contributed by atoms with Crippen LogP contribution in [-0.4, -0.2) is 25.5 Å². The number of methoxy groups -OCH3 is 1. The molecule has 1 aromatic rings. The fourth-order valence-electron chi connectivity index (χ4n) is 2.63. The van der Waals surface area contributed by atoms with Crippen molar-refractivity contribution >= 4 is 11.8 Å².